The van der Waals surface area contributed by atoms with Crippen LogP contribution in [0.1, 0.15) is 29.3 Å². The van der Waals surface area contributed by atoms with Gasteiger partial charge in [0.05, 0.1) is 12.0 Å². The standard InChI is InChI=1S/C19H22N2O3S/c22-18(23)15-8-10-21(11-9-15)19(24)20-16(17-7-4-12-25-17)13-14-5-2-1-3-6-14/h1-7,12,15-16H,8-11,13H2,(H,20,24)(H,22,23). The molecule has 1 saturated heterocycles. The van der Waals surface area contributed by atoms with Crippen LogP contribution in [0.15, 0.2) is 47.8 Å². The fraction of sp³-hybridized carbons (Fsp3) is 0.368. The number of carbonyl (C=O) groups excluding carboxylic acids is 1. The van der Waals surface area contributed by atoms with Crippen molar-refractivity contribution in [1.29, 1.82) is 0 Å². The third-order valence-corrected chi connectivity index (χ3v) is 5.58. The van der Waals surface area contributed by atoms with Gasteiger partial charge in [-0.15, -0.1) is 11.3 Å². The normalized spacial score (nSPS) is 16.4. The van der Waals surface area contributed by atoms with Crippen LogP contribution in [0.4, 0.5) is 4.79 Å². The van der Waals surface area contributed by atoms with E-state index in [4.69, 9.17) is 5.11 Å². The highest BCUT2D eigenvalue weighted by Crippen LogP contribution is 2.24. The van der Waals surface area contributed by atoms with E-state index in [9.17, 15) is 9.59 Å². The zero-order chi connectivity index (χ0) is 17.6. The molecule has 0 saturated carbocycles. The van der Waals surface area contributed by atoms with Gasteiger partial charge >= 0.3 is 12.0 Å². The summed E-state index contributed by atoms with van der Waals surface area (Å²) >= 11 is 1.63. The van der Waals surface area contributed by atoms with Crippen LogP contribution < -0.4 is 5.32 Å². The highest BCUT2D eigenvalue weighted by Gasteiger charge is 2.28. The zero-order valence-electron chi connectivity index (χ0n) is 13.9. The molecule has 1 aliphatic heterocycles. The van der Waals surface area contributed by atoms with Crippen molar-refractivity contribution in [3.05, 3.63) is 58.3 Å². The van der Waals surface area contributed by atoms with Crippen molar-refractivity contribution in [2.45, 2.75) is 25.3 Å². The van der Waals surface area contributed by atoms with E-state index in [-0.39, 0.29) is 18.0 Å². The maximum absolute atomic E-state index is 12.6. The van der Waals surface area contributed by atoms with Gasteiger partial charge in [-0.05, 0) is 36.3 Å². The first-order chi connectivity index (χ1) is 12.1. The molecule has 1 fully saturated rings. The summed E-state index contributed by atoms with van der Waals surface area (Å²) in [5, 5.41) is 14.2. The average molecular weight is 358 g/mol. The summed E-state index contributed by atoms with van der Waals surface area (Å²) in [6, 6.07) is 13.9. The van der Waals surface area contributed by atoms with Gasteiger partial charge in [0.15, 0.2) is 0 Å². The van der Waals surface area contributed by atoms with E-state index in [1.54, 1.807) is 16.2 Å². The maximum atomic E-state index is 12.6. The van der Waals surface area contributed by atoms with E-state index in [1.807, 2.05) is 35.7 Å². The molecule has 3 rings (SSSR count). The van der Waals surface area contributed by atoms with E-state index in [0.717, 1.165) is 11.3 Å². The molecular weight excluding hydrogens is 336 g/mol. The molecule has 132 valence electrons. The molecule has 1 aromatic heterocycles. The lowest BCUT2D eigenvalue weighted by Crippen LogP contribution is -2.46. The summed E-state index contributed by atoms with van der Waals surface area (Å²) in [6.07, 6.45) is 1.77. The lowest BCUT2D eigenvalue weighted by molar-refractivity contribution is -0.143. The Morgan fingerprint density at radius 3 is 2.48 bits per heavy atom. The SMILES string of the molecule is O=C(O)C1CCN(C(=O)NC(Cc2ccccc2)c2cccs2)CC1. The summed E-state index contributed by atoms with van der Waals surface area (Å²) in [5.41, 5.74) is 1.17. The minimum absolute atomic E-state index is 0.0768. The minimum atomic E-state index is -0.763. The smallest absolute Gasteiger partial charge is 0.317 e. The van der Waals surface area contributed by atoms with Gasteiger partial charge in [-0.25, -0.2) is 4.79 Å². The van der Waals surface area contributed by atoms with Crippen molar-refractivity contribution in [2.24, 2.45) is 5.92 Å². The Hall–Kier alpha value is -2.34. The summed E-state index contributed by atoms with van der Waals surface area (Å²) in [4.78, 5) is 26.5. The van der Waals surface area contributed by atoms with Crippen LogP contribution in [0.25, 0.3) is 0 Å². The lowest BCUT2D eigenvalue weighted by Gasteiger charge is -2.31. The first-order valence-corrected chi connectivity index (χ1v) is 9.37. The van der Waals surface area contributed by atoms with Crippen LogP contribution >= 0.6 is 11.3 Å². The van der Waals surface area contributed by atoms with E-state index < -0.39 is 5.97 Å². The molecule has 25 heavy (non-hydrogen) atoms. The molecular formula is C19H22N2O3S. The third kappa shape index (κ3) is 4.60. The second kappa shape index (κ2) is 8.16. The number of carboxylic acid groups (broad SMARTS) is 1. The molecule has 0 bridgehead atoms. The van der Waals surface area contributed by atoms with Crippen LogP contribution in [-0.4, -0.2) is 35.1 Å². The number of urea groups is 1. The number of hydrogen-bond acceptors (Lipinski definition) is 3. The molecule has 2 aromatic rings. The number of carboxylic acids is 1. The third-order valence-electron chi connectivity index (χ3n) is 4.60. The number of nitrogens with zero attached hydrogens (tertiary/aromatic N) is 1. The minimum Gasteiger partial charge on any atom is -0.481 e. The topological polar surface area (TPSA) is 69.6 Å². The summed E-state index contributed by atoms with van der Waals surface area (Å²) < 4.78 is 0. The zero-order valence-corrected chi connectivity index (χ0v) is 14.7. The molecule has 1 atom stereocenters. The fourth-order valence-electron chi connectivity index (χ4n) is 3.13. The number of likely N-dealkylation sites (tertiary alicyclic amines) is 1. The molecule has 2 amide bonds. The molecule has 0 spiro atoms. The number of rotatable bonds is 5. The second-order valence-corrected chi connectivity index (χ2v) is 7.29. The van der Waals surface area contributed by atoms with Gasteiger partial charge in [0, 0.05) is 18.0 Å². The number of carbonyl (C=O) groups is 2. The molecule has 2 N–H and O–H groups in total. The highest BCUT2D eigenvalue weighted by molar-refractivity contribution is 7.10. The quantitative estimate of drug-likeness (QED) is 0.859. The Kier molecular flexibility index (Phi) is 5.71. The van der Waals surface area contributed by atoms with Gasteiger partial charge in [-0.1, -0.05) is 36.4 Å². The largest absolute Gasteiger partial charge is 0.481 e. The van der Waals surface area contributed by atoms with Gasteiger partial charge in [0.1, 0.15) is 0 Å². The maximum Gasteiger partial charge on any atom is 0.317 e. The van der Waals surface area contributed by atoms with E-state index in [0.29, 0.717) is 25.9 Å². The Labute approximate surface area is 151 Å². The van der Waals surface area contributed by atoms with Gasteiger partial charge in [-0.3, -0.25) is 4.79 Å². The van der Waals surface area contributed by atoms with Crippen LogP contribution in [0, 0.1) is 5.92 Å². The monoisotopic (exact) mass is 358 g/mol. The summed E-state index contributed by atoms with van der Waals surface area (Å²) in [5.74, 6) is -1.10. The molecule has 6 heteroatoms. The van der Waals surface area contributed by atoms with Crippen molar-refractivity contribution in [1.82, 2.24) is 10.2 Å². The van der Waals surface area contributed by atoms with Crippen molar-refractivity contribution in [2.75, 3.05) is 13.1 Å². The van der Waals surface area contributed by atoms with Crippen molar-refractivity contribution in [3.8, 4) is 0 Å². The molecule has 2 heterocycles. The Bertz CT molecular complexity index is 695. The number of nitrogens with one attached hydrogen (secondary N) is 1. The average Bonchev–Trinajstić information content (AvgIpc) is 3.16. The van der Waals surface area contributed by atoms with E-state index in [1.165, 1.54) is 5.56 Å². The van der Waals surface area contributed by atoms with E-state index in [2.05, 4.69) is 17.4 Å². The Morgan fingerprint density at radius 1 is 1.16 bits per heavy atom. The Balaban J connectivity index is 1.64. The molecule has 1 aliphatic rings. The highest BCUT2D eigenvalue weighted by atomic mass is 32.1. The molecule has 5 nitrogen and oxygen atoms in total. The molecule has 1 aromatic carbocycles. The van der Waals surface area contributed by atoms with Crippen LogP contribution in [-0.2, 0) is 11.2 Å². The van der Waals surface area contributed by atoms with Crippen molar-refractivity contribution < 1.29 is 14.7 Å². The first-order valence-electron chi connectivity index (χ1n) is 8.49. The molecule has 1 unspecified atom stereocenters. The van der Waals surface area contributed by atoms with Gasteiger partial charge in [0.2, 0.25) is 0 Å². The summed E-state index contributed by atoms with van der Waals surface area (Å²) in [7, 11) is 0. The summed E-state index contributed by atoms with van der Waals surface area (Å²) in [6.45, 7) is 0.983. The van der Waals surface area contributed by atoms with Crippen molar-refractivity contribution in [3.63, 3.8) is 0 Å². The van der Waals surface area contributed by atoms with Crippen molar-refractivity contribution >= 4 is 23.3 Å². The molecule has 0 aliphatic carbocycles. The number of aliphatic carboxylic acids is 1. The number of amides is 2. The Morgan fingerprint density at radius 2 is 1.88 bits per heavy atom. The number of hydrogen-bond donors (Lipinski definition) is 2. The number of benzene rings is 1. The number of piperidine rings is 1. The van der Waals surface area contributed by atoms with Gasteiger partial charge in [-0.2, -0.15) is 0 Å². The van der Waals surface area contributed by atoms with E-state index >= 15 is 0 Å². The fourth-order valence-corrected chi connectivity index (χ4v) is 3.91. The predicted octanol–water partition coefficient (Wildman–Crippen LogP) is 3.54. The number of thiophene rings is 1. The van der Waals surface area contributed by atoms with Gasteiger partial charge in [0.25, 0.3) is 0 Å². The van der Waals surface area contributed by atoms with Gasteiger partial charge < -0.3 is 15.3 Å². The second-order valence-electron chi connectivity index (χ2n) is 6.31. The van der Waals surface area contributed by atoms with Crippen LogP contribution in [0.3, 0.4) is 0 Å². The molecule has 0 radical (unpaired) electrons. The lowest BCUT2D eigenvalue weighted by atomic mass is 9.97. The predicted molar refractivity (Wildman–Crippen MR) is 97.7 cm³/mol. The van der Waals surface area contributed by atoms with Crippen LogP contribution in [0.5, 0.6) is 0 Å². The first kappa shape index (κ1) is 17.5. The van der Waals surface area contributed by atoms with Crippen LogP contribution in [0.2, 0.25) is 0 Å².